The van der Waals surface area contributed by atoms with Gasteiger partial charge < -0.3 is 31.7 Å². The van der Waals surface area contributed by atoms with Crippen molar-refractivity contribution < 1.29 is 14.7 Å². The Morgan fingerprint density at radius 2 is 1.62 bits per heavy atom. The lowest BCUT2D eigenvalue weighted by atomic mass is 10.1. The van der Waals surface area contributed by atoms with Crippen LogP contribution in [0.4, 0.5) is 28.4 Å². The largest absolute Gasteiger partial charge is 0.404 e. The Labute approximate surface area is 232 Å². The fourth-order valence-electron chi connectivity index (χ4n) is 4.16. The fraction of sp³-hybridized carbons (Fsp3) is 0.207. The zero-order chi connectivity index (χ0) is 27.8. The second-order valence-electron chi connectivity index (χ2n) is 9.08. The molecule has 0 saturated carbocycles. The summed E-state index contributed by atoms with van der Waals surface area (Å²) in [4.78, 5) is 31.0. The van der Waals surface area contributed by atoms with Crippen LogP contribution in [0, 0.1) is 0 Å². The van der Waals surface area contributed by atoms with Crippen LogP contribution in [0.15, 0.2) is 83.5 Å². The molecule has 0 unspecified atom stereocenters. The number of carbonyl (C=O) groups is 2. The average molecular weight is 547 g/mol. The summed E-state index contributed by atoms with van der Waals surface area (Å²) in [5.74, 6) is -0.592. The van der Waals surface area contributed by atoms with Crippen LogP contribution in [-0.4, -0.2) is 49.4 Å². The number of piperidine rings is 1. The lowest BCUT2D eigenvalue weighted by Gasteiger charge is -2.31. The van der Waals surface area contributed by atoms with E-state index >= 15 is 0 Å². The van der Waals surface area contributed by atoms with Crippen LogP contribution < -0.4 is 26.6 Å². The summed E-state index contributed by atoms with van der Waals surface area (Å²) in [5.41, 5.74) is 9.91. The molecule has 0 aromatic heterocycles. The van der Waals surface area contributed by atoms with Gasteiger partial charge in [0.25, 0.3) is 11.8 Å². The topological polar surface area (TPSA) is 132 Å². The maximum absolute atomic E-state index is 12.7. The summed E-state index contributed by atoms with van der Waals surface area (Å²) < 4.78 is 0. The zero-order valence-electron chi connectivity index (χ0n) is 21.5. The van der Waals surface area contributed by atoms with Gasteiger partial charge in [0.15, 0.2) is 0 Å². The molecule has 6 N–H and O–H groups in total. The van der Waals surface area contributed by atoms with Crippen molar-refractivity contribution in [3.8, 4) is 0 Å². The number of hydrogen-bond donors (Lipinski definition) is 5. The number of rotatable bonds is 8. The van der Waals surface area contributed by atoms with Gasteiger partial charge in [-0.3, -0.25) is 14.6 Å². The minimum absolute atomic E-state index is 0.199. The first kappa shape index (κ1) is 27.7. The SMILES string of the molecule is CN=CC(=CN)C(=O)Nc1ccc(Nc2ccc(NC(=O)c3ccc(N4CCC(O)CC4)cc3)cc2)c(Cl)c1. The van der Waals surface area contributed by atoms with E-state index in [9.17, 15) is 14.7 Å². The van der Waals surface area contributed by atoms with Crippen molar-refractivity contribution in [1.82, 2.24) is 0 Å². The van der Waals surface area contributed by atoms with Crippen LogP contribution in [-0.2, 0) is 4.79 Å². The van der Waals surface area contributed by atoms with Crippen LogP contribution in [0.1, 0.15) is 23.2 Å². The minimum atomic E-state index is -0.392. The highest BCUT2D eigenvalue weighted by molar-refractivity contribution is 6.33. The molecule has 202 valence electrons. The van der Waals surface area contributed by atoms with Crippen molar-refractivity contribution in [2.75, 3.05) is 41.0 Å². The first-order valence-electron chi connectivity index (χ1n) is 12.5. The number of carbonyl (C=O) groups excluding carboxylic acids is 2. The van der Waals surface area contributed by atoms with E-state index < -0.39 is 5.91 Å². The molecule has 3 aromatic rings. The average Bonchev–Trinajstić information content (AvgIpc) is 2.94. The minimum Gasteiger partial charge on any atom is -0.404 e. The van der Waals surface area contributed by atoms with Crippen molar-refractivity contribution in [3.05, 3.63) is 89.1 Å². The number of nitrogens with one attached hydrogen (secondary N) is 3. The second-order valence-corrected chi connectivity index (χ2v) is 9.49. The monoisotopic (exact) mass is 546 g/mol. The third-order valence-corrected chi connectivity index (χ3v) is 6.63. The molecule has 0 spiro atoms. The molecule has 9 nitrogen and oxygen atoms in total. The molecule has 3 aromatic carbocycles. The molecule has 2 amide bonds. The number of aliphatic hydroxyl groups is 1. The van der Waals surface area contributed by atoms with Gasteiger partial charge >= 0.3 is 0 Å². The van der Waals surface area contributed by atoms with E-state index in [1.807, 2.05) is 36.4 Å². The third kappa shape index (κ3) is 7.37. The van der Waals surface area contributed by atoms with E-state index in [0.29, 0.717) is 27.6 Å². The Morgan fingerprint density at radius 3 is 2.23 bits per heavy atom. The quantitative estimate of drug-likeness (QED) is 0.204. The van der Waals surface area contributed by atoms with Gasteiger partial charge in [-0.2, -0.15) is 0 Å². The first-order chi connectivity index (χ1) is 18.9. The molecule has 10 heteroatoms. The van der Waals surface area contributed by atoms with Gasteiger partial charge in [-0.25, -0.2) is 0 Å². The summed E-state index contributed by atoms with van der Waals surface area (Å²) in [6.45, 7) is 1.61. The molecule has 1 heterocycles. The molecule has 0 atom stereocenters. The van der Waals surface area contributed by atoms with Crippen molar-refractivity contribution >= 4 is 58.1 Å². The maximum Gasteiger partial charge on any atom is 0.258 e. The first-order valence-corrected chi connectivity index (χ1v) is 12.9. The summed E-state index contributed by atoms with van der Waals surface area (Å²) in [6, 6.07) is 19.9. The lowest BCUT2D eigenvalue weighted by Crippen LogP contribution is -2.35. The molecule has 39 heavy (non-hydrogen) atoms. The van der Waals surface area contributed by atoms with Gasteiger partial charge in [0.1, 0.15) is 0 Å². The lowest BCUT2D eigenvalue weighted by molar-refractivity contribution is -0.112. The van der Waals surface area contributed by atoms with Gasteiger partial charge in [-0.05, 0) is 79.6 Å². The predicted molar refractivity (Wildman–Crippen MR) is 158 cm³/mol. The number of anilines is 5. The zero-order valence-corrected chi connectivity index (χ0v) is 22.3. The van der Waals surface area contributed by atoms with Crippen molar-refractivity contribution in [1.29, 1.82) is 0 Å². The van der Waals surface area contributed by atoms with Crippen LogP contribution in [0.3, 0.4) is 0 Å². The summed E-state index contributed by atoms with van der Waals surface area (Å²) in [6.07, 6.45) is 3.85. The standard InChI is InChI=1S/C29H31ClN6O3/c1-32-18-20(17-31)29(39)35-23-8-11-27(26(30)16-23)33-21-4-6-22(7-5-21)34-28(38)19-2-9-24(10-3-19)36-14-12-25(37)13-15-36/h2-11,16-18,25,33,37H,12-15,31H2,1H3,(H,34,38)(H,35,39). The van der Waals surface area contributed by atoms with Gasteiger partial charge in [0, 0.05) is 60.9 Å². The highest BCUT2D eigenvalue weighted by Crippen LogP contribution is 2.29. The van der Waals surface area contributed by atoms with Gasteiger partial charge in [-0.15, -0.1) is 0 Å². The molecule has 1 saturated heterocycles. The van der Waals surface area contributed by atoms with Crippen LogP contribution in [0.5, 0.6) is 0 Å². The maximum atomic E-state index is 12.7. The molecule has 1 fully saturated rings. The summed E-state index contributed by atoms with van der Waals surface area (Å²) in [5, 5.41) is 19.0. The number of hydrogen-bond acceptors (Lipinski definition) is 7. The van der Waals surface area contributed by atoms with Crippen molar-refractivity contribution in [2.24, 2.45) is 10.7 Å². The smallest absolute Gasteiger partial charge is 0.258 e. The normalized spacial score (nSPS) is 14.3. The molecular weight excluding hydrogens is 516 g/mol. The Morgan fingerprint density at radius 1 is 0.974 bits per heavy atom. The highest BCUT2D eigenvalue weighted by atomic mass is 35.5. The molecule has 4 rings (SSSR count). The number of nitrogens with two attached hydrogens (primary N) is 1. The predicted octanol–water partition coefficient (Wildman–Crippen LogP) is 4.78. The third-order valence-electron chi connectivity index (χ3n) is 6.32. The number of amides is 2. The number of halogens is 1. The van der Waals surface area contributed by atoms with E-state index in [1.54, 1.807) is 37.4 Å². The molecule has 1 aliphatic heterocycles. The Hall–Kier alpha value is -4.34. The number of aliphatic imine (C=N–C) groups is 1. The van der Waals surface area contributed by atoms with Crippen molar-refractivity contribution in [2.45, 2.75) is 18.9 Å². The van der Waals surface area contributed by atoms with Gasteiger partial charge in [-0.1, -0.05) is 11.6 Å². The highest BCUT2D eigenvalue weighted by Gasteiger charge is 2.17. The Balaban J connectivity index is 1.33. The molecular formula is C29H31ClN6O3. The molecule has 0 bridgehead atoms. The number of nitrogens with zero attached hydrogens (tertiary/aromatic N) is 2. The molecule has 0 radical (unpaired) electrons. The van der Waals surface area contributed by atoms with E-state index in [4.69, 9.17) is 17.3 Å². The molecule has 1 aliphatic rings. The molecule has 0 aliphatic carbocycles. The number of aliphatic hydroxyl groups excluding tert-OH is 1. The van der Waals surface area contributed by atoms with Crippen molar-refractivity contribution in [3.63, 3.8) is 0 Å². The summed E-state index contributed by atoms with van der Waals surface area (Å²) in [7, 11) is 1.55. The Kier molecular flexibility index (Phi) is 9.19. The van der Waals surface area contributed by atoms with Crippen LogP contribution >= 0.6 is 11.6 Å². The summed E-state index contributed by atoms with van der Waals surface area (Å²) >= 11 is 6.42. The van der Waals surface area contributed by atoms with Gasteiger partial charge in [0.2, 0.25) is 0 Å². The fourth-order valence-corrected chi connectivity index (χ4v) is 4.39. The van der Waals surface area contributed by atoms with E-state index in [2.05, 4.69) is 25.8 Å². The second kappa shape index (κ2) is 12.9. The van der Waals surface area contributed by atoms with E-state index in [1.165, 1.54) is 12.4 Å². The van der Waals surface area contributed by atoms with Crippen LogP contribution in [0.25, 0.3) is 0 Å². The number of benzene rings is 3. The van der Waals surface area contributed by atoms with Crippen LogP contribution in [0.2, 0.25) is 5.02 Å². The Bertz CT molecular complexity index is 1360. The van der Waals surface area contributed by atoms with E-state index in [0.717, 1.165) is 37.3 Å². The van der Waals surface area contributed by atoms with E-state index in [-0.39, 0.29) is 17.6 Å². The van der Waals surface area contributed by atoms with Gasteiger partial charge in [0.05, 0.1) is 22.4 Å².